The van der Waals surface area contributed by atoms with Crippen molar-refractivity contribution >= 4 is 5.97 Å². The number of aromatic nitrogens is 4. The van der Waals surface area contributed by atoms with E-state index in [1.807, 2.05) is 30.3 Å². The Balaban J connectivity index is 2.04. The molecule has 1 aromatic carbocycles. The first-order chi connectivity index (χ1) is 9.15. The second kappa shape index (κ2) is 6.05. The summed E-state index contributed by atoms with van der Waals surface area (Å²) >= 11 is 0. The third-order valence-electron chi connectivity index (χ3n) is 2.61. The Labute approximate surface area is 110 Å². The maximum absolute atomic E-state index is 10.9. The number of aliphatic carboxylic acids is 1. The van der Waals surface area contributed by atoms with Gasteiger partial charge in [-0.15, -0.1) is 10.2 Å². The lowest BCUT2D eigenvalue weighted by atomic mass is 10.1. The minimum Gasteiger partial charge on any atom is -0.481 e. The fourth-order valence-electron chi connectivity index (χ4n) is 1.70. The highest BCUT2D eigenvalue weighted by atomic mass is 16.4. The molecular weight excluding hydrogens is 246 g/mol. The molecule has 100 valence electrons. The monoisotopic (exact) mass is 261 g/mol. The first-order valence-electron chi connectivity index (χ1n) is 5.88. The third kappa shape index (κ3) is 3.85. The van der Waals surface area contributed by atoms with Gasteiger partial charge >= 0.3 is 5.97 Å². The molecule has 2 aromatic rings. The van der Waals surface area contributed by atoms with E-state index in [1.54, 1.807) is 7.05 Å². The van der Waals surface area contributed by atoms with Crippen molar-refractivity contribution in [1.29, 1.82) is 0 Å². The number of tetrazole rings is 1. The van der Waals surface area contributed by atoms with Gasteiger partial charge in [-0.1, -0.05) is 30.3 Å². The van der Waals surface area contributed by atoms with Crippen LogP contribution in [-0.2, 0) is 18.4 Å². The SMILES string of the molecule is Cn1nnc(C(CC(=O)O)NCc2ccccc2)n1. The van der Waals surface area contributed by atoms with Gasteiger partial charge in [0.15, 0.2) is 5.82 Å². The molecule has 19 heavy (non-hydrogen) atoms. The minimum atomic E-state index is -0.905. The van der Waals surface area contributed by atoms with Crippen molar-refractivity contribution in [2.45, 2.75) is 19.0 Å². The van der Waals surface area contributed by atoms with Gasteiger partial charge in [-0.25, -0.2) is 0 Å². The summed E-state index contributed by atoms with van der Waals surface area (Å²) in [6, 6.07) is 9.28. The van der Waals surface area contributed by atoms with Crippen LogP contribution in [0.15, 0.2) is 30.3 Å². The first-order valence-corrected chi connectivity index (χ1v) is 5.88. The van der Waals surface area contributed by atoms with Crippen molar-refractivity contribution in [1.82, 2.24) is 25.5 Å². The molecule has 0 aliphatic heterocycles. The van der Waals surface area contributed by atoms with Gasteiger partial charge in [0.25, 0.3) is 0 Å². The summed E-state index contributed by atoms with van der Waals surface area (Å²) in [7, 11) is 1.64. The van der Waals surface area contributed by atoms with Crippen LogP contribution in [0.5, 0.6) is 0 Å². The van der Waals surface area contributed by atoms with E-state index in [0.29, 0.717) is 12.4 Å². The lowest BCUT2D eigenvalue weighted by Gasteiger charge is -2.13. The summed E-state index contributed by atoms with van der Waals surface area (Å²) in [5, 5.41) is 23.7. The van der Waals surface area contributed by atoms with Crippen LogP contribution in [0.2, 0.25) is 0 Å². The number of carbonyl (C=O) groups is 1. The Bertz CT molecular complexity index is 540. The fourth-order valence-corrected chi connectivity index (χ4v) is 1.70. The topological polar surface area (TPSA) is 92.9 Å². The van der Waals surface area contributed by atoms with Crippen LogP contribution in [0, 0.1) is 0 Å². The number of nitrogens with zero attached hydrogens (tertiary/aromatic N) is 4. The summed E-state index contributed by atoms with van der Waals surface area (Å²) in [4.78, 5) is 12.2. The standard InChI is InChI=1S/C12H15N5O2/c1-17-15-12(14-16-17)10(7-11(18)19)13-8-9-5-3-2-4-6-9/h2-6,10,13H,7-8H2,1H3,(H,18,19). The fraction of sp³-hybridized carbons (Fsp3) is 0.333. The molecule has 7 nitrogen and oxygen atoms in total. The zero-order chi connectivity index (χ0) is 13.7. The minimum absolute atomic E-state index is 0.0848. The van der Waals surface area contributed by atoms with Crippen molar-refractivity contribution in [3.8, 4) is 0 Å². The van der Waals surface area contributed by atoms with Gasteiger partial charge in [0.05, 0.1) is 19.5 Å². The van der Waals surface area contributed by atoms with E-state index < -0.39 is 12.0 Å². The van der Waals surface area contributed by atoms with E-state index in [9.17, 15) is 4.79 Å². The average Bonchev–Trinajstić information content (AvgIpc) is 2.82. The number of rotatable bonds is 6. The van der Waals surface area contributed by atoms with E-state index in [1.165, 1.54) is 4.80 Å². The molecule has 7 heteroatoms. The van der Waals surface area contributed by atoms with Gasteiger partial charge in [-0.3, -0.25) is 4.79 Å². The predicted molar refractivity (Wildman–Crippen MR) is 67.1 cm³/mol. The first kappa shape index (κ1) is 13.2. The van der Waals surface area contributed by atoms with E-state index in [0.717, 1.165) is 5.56 Å². The highest BCUT2D eigenvalue weighted by Crippen LogP contribution is 2.12. The van der Waals surface area contributed by atoms with E-state index in [-0.39, 0.29) is 6.42 Å². The van der Waals surface area contributed by atoms with Gasteiger partial charge in [0, 0.05) is 6.54 Å². The predicted octanol–water partition coefficient (Wildman–Crippen LogP) is 0.516. The molecule has 0 spiro atoms. The molecule has 0 amide bonds. The largest absolute Gasteiger partial charge is 0.481 e. The molecule has 0 bridgehead atoms. The molecule has 1 unspecified atom stereocenters. The smallest absolute Gasteiger partial charge is 0.305 e. The second-order valence-electron chi connectivity index (χ2n) is 4.15. The third-order valence-corrected chi connectivity index (χ3v) is 2.61. The van der Waals surface area contributed by atoms with Crippen LogP contribution >= 0.6 is 0 Å². The van der Waals surface area contributed by atoms with Gasteiger partial charge < -0.3 is 10.4 Å². The number of hydrogen-bond acceptors (Lipinski definition) is 5. The Morgan fingerprint density at radius 3 is 2.74 bits per heavy atom. The molecule has 2 N–H and O–H groups in total. The average molecular weight is 261 g/mol. The Morgan fingerprint density at radius 2 is 2.16 bits per heavy atom. The number of aryl methyl sites for hydroxylation is 1. The molecule has 0 saturated carbocycles. The van der Waals surface area contributed by atoms with Crippen molar-refractivity contribution < 1.29 is 9.90 Å². The molecule has 1 heterocycles. The number of nitrogens with one attached hydrogen (secondary N) is 1. The van der Waals surface area contributed by atoms with Crippen LogP contribution in [0.25, 0.3) is 0 Å². The molecular formula is C12H15N5O2. The number of benzene rings is 1. The zero-order valence-corrected chi connectivity index (χ0v) is 10.5. The quantitative estimate of drug-likeness (QED) is 0.787. The van der Waals surface area contributed by atoms with Gasteiger partial charge in [-0.05, 0) is 10.8 Å². The van der Waals surface area contributed by atoms with Crippen molar-refractivity contribution in [2.75, 3.05) is 0 Å². The molecule has 2 rings (SSSR count). The summed E-state index contributed by atoms with van der Waals surface area (Å²) < 4.78 is 0. The van der Waals surface area contributed by atoms with Crippen LogP contribution in [0.3, 0.4) is 0 Å². The van der Waals surface area contributed by atoms with Crippen molar-refractivity contribution in [2.24, 2.45) is 7.05 Å². The van der Waals surface area contributed by atoms with Gasteiger partial charge in [0.2, 0.25) is 0 Å². The van der Waals surface area contributed by atoms with Crippen molar-refractivity contribution in [3.63, 3.8) is 0 Å². The molecule has 0 aliphatic rings. The van der Waals surface area contributed by atoms with Crippen LogP contribution in [0.1, 0.15) is 23.9 Å². The second-order valence-corrected chi connectivity index (χ2v) is 4.15. The molecule has 0 radical (unpaired) electrons. The Kier molecular flexibility index (Phi) is 4.19. The molecule has 1 atom stereocenters. The summed E-state index contributed by atoms with van der Waals surface area (Å²) in [6.07, 6.45) is -0.0848. The van der Waals surface area contributed by atoms with E-state index in [2.05, 4.69) is 20.7 Å². The molecule has 0 fully saturated rings. The maximum Gasteiger partial charge on any atom is 0.305 e. The summed E-state index contributed by atoms with van der Waals surface area (Å²) in [6.45, 7) is 0.553. The Hall–Kier alpha value is -2.28. The zero-order valence-electron chi connectivity index (χ0n) is 10.5. The summed E-state index contributed by atoms with van der Waals surface area (Å²) in [5.74, 6) is -0.515. The summed E-state index contributed by atoms with van der Waals surface area (Å²) in [5.41, 5.74) is 1.07. The molecule has 0 saturated heterocycles. The maximum atomic E-state index is 10.9. The molecule has 0 aliphatic carbocycles. The van der Waals surface area contributed by atoms with Crippen LogP contribution in [-0.4, -0.2) is 31.3 Å². The lowest BCUT2D eigenvalue weighted by Crippen LogP contribution is -2.24. The molecule has 1 aromatic heterocycles. The number of carboxylic acids is 1. The number of hydrogen-bond donors (Lipinski definition) is 2. The van der Waals surface area contributed by atoms with Crippen LogP contribution < -0.4 is 5.32 Å². The number of carboxylic acid groups (broad SMARTS) is 1. The van der Waals surface area contributed by atoms with Crippen molar-refractivity contribution in [3.05, 3.63) is 41.7 Å². The normalized spacial score (nSPS) is 12.3. The van der Waals surface area contributed by atoms with Gasteiger partial charge in [0.1, 0.15) is 0 Å². The van der Waals surface area contributed by atoms with Crippen LogP contribution in [0.4, 0.5) is 0 Å². The lowest BCUT2D eigenvalue weighted by molar-refractivity contribution is -0.137. The Morgan fingerprint density at radius 1 is 1.42 bits per heavy atom. The highest BCUT2D eigenvalue weighted by Gasteiger charge is 2.19. The van der Waals surface area contributed by atoms with E-state index >= 15 is 0 Å². The highest BCUT2D eigenvalue weighted by molar-refractivity contribution is 5.67. The van der Waals surface area contributed by atoms with Gasteiger partial charge in [-0.2, -0.15) is 4.80 Å². The van der Waals surface area contributed by atoms with E-state index in [4.69, 9.17) is 5.11 Å².